The molecule has 90 valence electrons. The number of aromatic nitrogens is 4. The molecule has 2 N–H and O–H groups in total. The van der Waals surface area contributed by atoms with E-state index in [1.165, 1.54) is 5.56 Å². The lowest BCUT2D eigenvalue weighted by molar-refractivity contribution is 0.879. The Morgan fingerprint density at radius 3 is 2.78 bits per heavy atom. The molecule has 3 aromatic rings. The molecule has 3 rings (SSSR count). The summed E-state index contributed by atoms with van der Waals surface area (Å²) in [5.41, 5.74) is 3.27. The second kappa shape index (κ2) is 4.75. The van der Waals surface area contributed by atoms with E-state index in [0.29, 0.717) is 0 Å². The van der Waals surface area contributed by atoms with E-state index in [2.05, 4.69) is 44.9 Å². The van der Waals surface area contributed by atoms with E-state index in [1.807, 2.05) is 23.1 Å². The molecule has 0 saturated heterocycles. The summed E-state index contributed by atoms with van der Waals surface area (Å²) < 4.78 is 1.84. The highest BCUT2D eigenvalue weighted by molar-refractivity contribution is 5.40. The van der Waals surface area contributed by atoms with Gasteiger partial charge in [0.15, 0.2) is 0 Å². The summed E-state index contributed by atoms with van der Waals surface area (Å²) in [6.07, 6.45) is 7.29. The van der Waals surface area contributed by atoms with Crippen molar-refractivity contribution in [1.82, 2.24) is 20.0 Å². The average Bonchev–Trinajstić information content (AvgIpc) is 3.10. The quantitative estimate of drug-likeness (QED) is 0.733. The van der Waals surface area contributed by atoms with Crippen LogP contribution in [0.5, 0.6) is 0 Å². The number of nitrogens with zero attached hydrogens (tertiary/aromatic N) is 3. The second-order valence-electron chi connectivity index (χ2n) is 3.96. The Hall–Kier alpha value is -2.56. The minimum atomic E-state index is 0.777. The maximum atomic E-state index is 4.19. The van der Waals surface area contributed by atoms with Gasteiger partial charge >= 0.3 is 0 Å². The van der Waals surface area contributed by atoms with Crippen LogP contribution in [0.3, 0.4) is 0 Å². The van der Waals surface area contributed by atoms with Crippen LogP contribution in [-0.4, -0.2) is 20.0 Å². The first-order valence-corrected chi connectivity index (χ1v) is 5.73. The third-order valence-electron chi connectivity index (χ3n) is 2.70. The van der Waals surface area contributed by atoms with E-state index < -0.39 is 0 Å². The van der Waals surface area contributed by atoms with Crippen LogP contribution in [0.1, 0.15) is 5.56 Å². The van der Waals surface area contributed by atoms with Gasteiger partial charge in [-0.2, -0.15) is 10.2 Å². The van der Waals surface area contributed by atoms with E-state index in [4.69, 9.17) is 0 Å². The van der Waals surface area contributed by atoms with Crippen LogP contribution in [-0.2, 0) is 6.54 Å². The molecule has 0 bridgehead atoms. The molecule has 2 aromatic heterocycles. The smallest absolute Gasteiger partial charge is 0.0726 e. The zero-order chi connectivity index (χ0) is 12.2. The zero-order valence-corrected chi connectivity index (χ0v) is 9.74. The molecule has 0 amide bonds. The fraction of sp³-hybridized carbons (Fsp3) is 0.0769. The van der Waals surface area contributed by atoms with E-state index >= 15 is 0 Å². The summed E-state index contributed by atoms with van der Waals surface area (Å²) in [5.74, 6) is 0. The first-order chi connectivity index (χ1) is 8.92. The highest BCUT2D eigenvalue weighted by Gasteiger charge is 1.98. The standard InChI is InChI=1S/C13H13N5/c1-6-17-18(7-1)13-4-2-11(3-5-13)8-14-12-9-15-16-10-12/h1-7,9-10,14H,8H2,(H,15,16). The first kappa shape index (κ1) is 10.6. The molecule has 0 fully saturated rings. The number of anilines is 1. The highest BCUT2D eigenvalue weighted by Crippen LogP contribution is 2.10. The van der Waals surface area contributed by atoms with Crippen molar-refractivity contribution in [3.8, 4) is 5.69 Å². The molecule has 0 aliphatic carbocycles. The number of hydrogen-bond acceptors (Lipinski definition) is 3. The monoisotopic (exact) mass is 239 g/mol. The van der Waals surface area contributed by atoms with Gasteiger partial charge < -0.3 is 5.32 Å². The van der Waals surface area contributed by atoms with Crippen LogP contribution < -0.4 is 5.32 Å². The SMILES string of the molecule is c1cnn(-c2ccc(CNc3cn[nH]c3)cc2)c1. The molecular weight excluding hydrogens is 226 g/mol. The van der Waals surface area contributed by atoms with Crippen LogP contribution >= 0.6 is 0 Å². The number of H-pyrrole nitrogens is 1. The minimum absolute atomic E-state index is 0.777. The normalized spacial score (nSPS) is 10.4. The van der Waals surface area contributed by atoms with E-state index in [0.717, 1.165) is 17.9 Å². The van der Waals surface area contributed by atoms with Crippen molar-refractivity contribution in [2.24, 2.45) is 0 Å². The van der Waals surface area contributed by atoms with Crippen molar-refractivity contribution < 1.29 is 0 Å². The molecule has 0 aliphatic rings. The summed E-state index contributed by atoms with van der Waals surface area (Å²) in [4.78, 5) is 0. The van der Waals surface area contributed by atoms with Crippen molar-refractivity contribution in [2.75, 3.05) is 5.32 Å². The molecule has 0 aliphatic heterocycles. The van der Waals surface area contributed by atoms with Gasteiger partial charge in [0.05, 0.1) is 17.6 Å². The fourth-order valence-corrected chi connectivity index (χ4v) is 1.74. The summed E-state index contributed by atoms with van der Waals surface area (Å²) in [6.45, 7) is 0.777. The van der Waals surface area contributed by atoms with E-state index in [-0.39, 0.29) is 0 Å². The molecule has 5 nitrogen and oxygen atoms in total. The number of benzene rings is 1. The van der Waals surface area contributed by atoms with E-state index in [1.54, 1.807) is 12.4 Å². The Balaban J connectivity index is 1.68. The van der Waals surface area contributed by atoms with Gasteiger partial charge in [-0.3, -0.25) is 5.10 Å². The molecule has 0 radical (unpaired) electrons. The largest absolute Gasteiger partial charge is 0.378 e. The lowest BCUT2D eigenvalue weighted by Crippen LogP contribution is -1.99. The van der Waals surface area contributed by atoms with Crippen molar-refractivity contribution in [1.29, 1.82) is 0 Å². The molecule has 0 atom stereocenters. The van der Waals surface area contributed by atoms with Crippen LogP contribution in [0.25, 0.3) is 5.69 Å². The van der Waals surface area contributed by atoms with Gasteiger partial charge in [-0.15, -0.1) is 0 Å². The molecule has 5 heteroatoms. The summed E-state index contributed by atoms with van der Waals surface area (Å²) in [7, 11) is 0. The van der Waals surface area contributed by atoms with Gasteiger partial charge in [0, 0.05) is 25.1 Å². The zero-order valence-electron chi connectivity index (χ0n) is 9.74. The van der Waals surface area contributed by atoms with Gasteiger partial charge in [-0.05, 0) is 23.8 Å². The van der Waals surface area contributed by atoms with Gasteiger partial charge in [-0.25, -0.2) is 4.68 Å². The Morgan fingerprint density at radius 1 is 1.22 bits per heavy atom. The molecule has 0 spiro atoms. The maximum Gasteiger partial charge on any atom is 0.0726 e. The number of aromatic amines is 1. The molecule has 0 unspecified atom stereocenters. The molecular formula is C13H13N5. The molecule has 1 aromatic carbocycles. The summed E-state index contributed by atoms with van der Waals surface area (Å²) in [6, 6.07) is 10.2. The fourth-order valence-electron chi connectivity index (χ4n) is 1.74. The third-order valence-corrected chi connectivity index (χ3v) is 2.70. The van der Waals surface area contributed by atoms with Gasteiger partial charge in [0.2, 0.25) is 0 Å². The lowest BCUT2D eigenvalue weighted by atomic mass is 10.2. The number of hydrogen-bond donors (Lipinski definition) is 2. The second-order valence-corrected chi connectivity index (χ2v) is 3.96. The van der Waals surface area contributed by atoms with Crippen molar-refractivity contribution in [3.05, 3.63) is 60.7 Å². The van der Waals surface area contributed by atoms with Crippen LogP contribution in [0.15, 0.2) is 55.1 Å². The molecule has 18 heavy (non-hydrogen) atoms. The van der Waals surface area contributed by atoms with E-state index in [9.17, 15) is 0 Å². The van der Waals surface area contributed by atoms with Crippen LogP contribution in [0.4, 0.5) is 5.69 Å². The predicted octanol–water partition coefficient (Wildman–Crippen LogP) is 2.21. The number of rotatable bonds is 4. The topological polar surface area (TPSA) is 58.5 Å². The lowest BCUT2D eigenvalue weighted by Gasteiger charge is -2.05. The molecule has 2 heterocycles. The number of nitrogens with one attached hydrogen (secondary N) is 2. The van der Waals surface area contributed by atoms with Crippen molar-refractivity contribution in [3.63, 3.8) is 0 Å². The average molecular weight is 239 g/mol. The Bertz CT molecular complexity index is 581. The van der Waals surface area contributed by atoms with Crippen LogP contribution in [0, 0.1) is 0 Å². The van der Waals surface area contributed by atoms with Crippen LogP contribution in [0.2, 0.25) is 0 Å². The Morgan fingerprint density at radius 2 is 2.11 bits per heavy atom. The third kappa shape index (κ3) is 2.24. The minimum Gasteiger partial charge on any atom is -0.378 e. The summed E-state index contributed by atoms with van der Waals surface area (Å²) in [5, 5.41) is 14.1. The Kier molecular flexibility index (Phi) is 2.79. The van der Waals surface area contributed by atoms with Gasteiger partial charge in [0.25, 0.3) is 0 Å². The Labute approximate surface area is 104 Å². The predicted molar refractivity (Wildman–Crippen MR) is 69.5 cm³/mol. The summed E-state index contributed by atoms with van der Waals surface area (Å²) >= 11 is 0. The first-order valence-electron chi connectivity index (χ1n) is 5.73. The van der Waals surface area contributed by atoms with Gasteiger partial charge in [0.1, 0.15) is 0 Å². The van der Waals surface area contributed by atoms with Crippen molar-refractivity contribution >= 4 is 5.69 Å². The maximum absolute atomic E-state index is 4.19. The molecule has 0 saturated carbocycles. The van der Waals surface area contributed by atoms with Crippen molar-refractivity contribution in [2.45, 2.75) is 6.54 Å². The highest BCUT2D eigenvalue weighted by atomic mass is 15.3. The van der Waals surface area contributed by atoms with Gasteiger partial charge in [-0.1, -0.05) is 12.1 Å².